The molecule has 0 saturated carbocycles. The molecule has 3 N–H and O–H groups in total. The molecule has 0 amide bonds. The monoisotopic (exact) mass is 135 g/mol. The van der Waals surface area contributed by atoms with Gasteiger partial charge in [0.2, 0.25) is 0 Å². The van der Waals surface area contributed by atoms with Gasteiger partial charge in [0.15, 0.2) is 0 Å². The van der Waals surface area contributed by atoms with Gasteiger partial charge in [0.05, 0.1) is 8.35 Å². The van der Waals surface area contributed by atoms with Gasteiger partial charge in [-0.2, -0.15) is 0 Å². The van der Waals surface area contributed by atoms with E-state index in [-0.39, 0.29) is 5.48 Å². The van der Waals surface area contributed by atoms with Crippen molar-refractivity contribution in [3.8, 4) is 0 Å². The van der Waals surface area contributed by atoms with Crippen molar-refractivity contribution in [2.45, 2.75) is 0 Å². The van der Waals surface area contributed by atoms with Crippen molar-refractivity contribution in [3.05, 3.63) is 12.3 Å². The van der Waals surface area contributed by atoms with E-state index in [0.717, 1.165) is 5.00 Å². The summed E-state index contributed by atoms with van der Waals surface area (Å²) in [6.07, 6.45) is 3.12. The van der Waals surface area contributed by atoms with Gasteiger partial charge in [-0.25, -0.2) is 0 Å². The first-order valence-electron chi connectivity index (χ1n) is 1.74. The van der Waals surface area contributed by atoms with Gasteiger partial charge >= 0.3 is 0 Å². The molecular weight excluding hydrogens is 129 g/mol. The topological polar surface area (TPSA) is 64.2 Å². The Morgan fingerprint density at radius 1 is 1.62 bits per heavy atom. The molecule has 0 aromatic rings. The lowest BCUT2D eigenvalue weighted by molar-refractivity contribution is -0.225. The average Bonchev–Trinajstić information content (AvgIpc) is 1.69. The fourth-order valence-electron chi connectivity index (χ4n) is 0.247. The van der Waals surface area contributed by atoms with Gasteiger partial charge in [-0.3, -0.25) is 5.21 Å². The van der Waals surface area contributed by atoms with Gasteiger partial charge in [-0.15, -0.1) is 0 Å². The van der Waals surface area contributed by atoms with Crippen LogP contribution in [0.4, 0.5) is 0 Å². The molecule has 0 radical (unpaired) electrons. The molecule has 1 heterocycles. The van der Waals surface area contributed by atoms with Crippen LogP contribution in [0.25, 0.3) is 0 Å². The summed E-state index contributed by atoms with van der Waals surface area (Å²) < 4.78 is 0. The molecule has 0 aromatic carbocycles. The maximum atomic E-state index is 8.43. The van der Waals surface area contributed by atoms with E-state index in [1.165, 1.54) is 6.26 Å². The third kappa shape index (κ3) is 2.04. The maximum Gasteiger partial charge on any atom is 0.115 e. The molecule has 0 aliphatic carbocycles. The van der Waals surface area contributed by atoms with Crippen LogP contribution in [0.3, 0.4) is 0 Å². The summed E-state index contributed by atoms with van der Waals surface area (Å²) in [5.41, 5.74) is 0. The van der Waals surface area contributed by atoms with Gasteiger partial charge in [0.1, 0.15) is 6.26 Å². The molecule has 8 heavy (non-hydrogen) atoms. The van der Waals surface area contributed by atoms with Crippen LogP contribution in [0, 0.1) is 0 Å². The lowest BCUT2D eigenvalue weighted by atomic mass is 10.7. The van der Waals surface area contributed by atoms with Gasteiger partial charge in [0, 0.05) is 5.00 Å². The maximum absolute atomic E-state index is 8.43. The Labute approximate surface area is 48.1 Å². The summed E-state index contributed by atoms with van der Waals surface area (Å²) in [7, 11) is 0.652. The zero-order valence-corrected chi connectivity index (χ0v) is 4.88. The Kier molecular flexibility index (Phi) is 3.39. The Balaban J connectivity index is 0.000000490. The van der Waals surface area contributed by atoms with Crippen molar-refractivity contribution in [2.24, 2.45) is 0 Å². The van der Waals surface area contributed by atoms with E-state index in [1.807, 2.05) is 0 Å². The summed E-state index contributed by atoms with van der Waals surface area (Å²) in [4.78, 5) is 5.16. The molecule has 1 aliphatic heterocycles. The lowest BCUT2D eigenvalue weighted by Crippen LogP contribution is -2.04. The first-order chi connectivity index (χ1) is 3.39. The average molecular weight is 135 g/mol. The molecule has 0 atom stereocenters. The SMILES string of the molecule is O.ON1OC=CC=P1. The number of hydrogen-bond donors (Lipinski definition) is 1. The summed E-state index contributed by atoms with van der Waals surface area (Å²) >= 11 is 0. The van der Waals surface area contributed by atoms with Crippen LogP contribution in [0.1, 0.15) is 0 Å². The van der Waals surface area contributed by atoms with E-state index in [1.54, 1.807) is 11.9 Å². The predicted molar refractivity (Wildman–Crippen MR) is 30.4 cm³/mol. The normalized spacial score (nSPS) is 19.1. The van der Waals surface area contributed by atoms with Crippen molar-refractivity contribution in [1.82, 2.24) is 5.00 Å². The molecule has 0 aromatic heterocycles. The fourth-order valence-corrected chi connectivity index (χ4v) is 0.618. The van der Waals surface area contributed by atoms with Gasteiger partial charge in [0.25, 0.3) is 0 Å². The second-order valence-corrected chi connectivity index (χ2v) is 1.82. The Morgan fingerprint density at radius 2 is 2.38 bits per heavy atom. The highest BCUT2D eigenvalue weighted by Crippen LogP contribution is 2.05. The third-order valence-electron chi connectivity index (χ3n) is 0.485. The molecule has 1 aliphatic rings. The Hall–Kier alpha value is -0.410. The van der Waals surface area contributed by atoms with E-state index in [4.69, 9.17) is 5.21 Å². The first kappa shape index (κ1) is 7.59. The van der Waals surface area contributed by atoms with Crippen molar-refractivity contribution >= 4 is 14.2 Å². The van der Waals surface area contributed by atoms with Crippen molar-refractivity contribution in [1.29, 1.82) is 0 Å². The number of allylic oxidation sites excluding steroid dienone is 1. The fraction of sp³-hybridized carbons (Fsp3) is 0. The molecule has 0 saturated heterocycles. The van der Waals surface area contributed by atoms with Crippen LogP contribution in [0.15, 0.2) is 12.3 Å². The minimum atomic E-state index is 0. The van der Waals surface area contributed by atoms with Crippen molar-refractivity contribution < 1.29 is 15.5 Å². The largest absolute Gasteiger partial charge is 0.412 e. The molecule has 5 heteroatoms. The molecular formula is C3H6NO3P. The highest BCUT2D eigenvalue weighted by molar-refractivity contribution is 7.35. The zero-order chi connectivity index (χ0) is 5.11. The summed E-state index contributed by atoms with van der Waals surface area (Å²) in [6, 6.07) is 0. The molecule has 0 fully saturated rings. The summed E-state index contributed by atoms with van der Waals surface area (Å²) in [6.45, 7) is 0. The molecule has 0 bridgehead atoms. The highest BCUT2D eigenvalue weighted by Gasteiger charge is 1.91. The molecule has 46 valence electrons. The smallest absolute Gasteiger partial charge is 0.115 e. The Bertz CT molecular complexity index is 113. The Morgan fingerprint density at radius 3 is 2.62 bits per heavy atom. The van der Waals surface area contributed by atoms with Gasteiger partial charge in [-0.05, 0) is 11.9 Å². The number of hydrogen-bond acceptors (Lipinski definition) is 3. The van der Waals surface area contributed by atoms with Crippen molar-refractivity contribution in [2.75, 3.05) is 0 Å². The molecule has 0 spiro atoms. The van der Waals surface area contributed by atoms with E-state index in [9.17, 15) is 0 Å². The first-order valence-corrected chi connectivity index (χ1v) is 2.66. The second-order valence-electron chi connectivity index (χ2n) is 0.951. The second kappa shape index (κ2) is 3.57. The molecule has 4 nitrogen and oxygen atoms in total. The van der Waals surface area contributed by atoms with E-state index in [2.05, 4.69) is 4.84 Å². The number of nitrogens with zero attached hydrogens (tertiary/aromatic N) is 1. The van der Waals surface area contributed by atoms with Crippen LogP contribution < -0.4 is 0 Å². The van der Waals surface area contributed by atoms with Crippen LogP contribution in [0.2, 0.25) is 0 Å². The lowest BCUT2D eigenvalue weighted by Gasteiger charge is -2.06. The van der Waals surface area contributed by atoms with Gasteiger partial charge < -0.3 is 10.3 Å². The standard InChI is InChI=1S/C3H4NO2P.H2O/c5-4-6-2-1-3-7-4;/h1-3,5H;1H2. The van der Waals surface area contributed by atoms with Crippen LogP contribution in [-0.2, 0) is 4.84 Å². The van der Waals surface area contributed by atoms with Crippen molar-refractivity contribution in [3.63, 3.8) is 0 Å². The quantitative estimate of drug-likeness (QED) is 0.474. The van der Waals surface area contributed by atoms with Crippen LogP contribution in [-0.4, -0.2) is 21.5 Å². The third-order valence-corrected chi connectivity index (χ3v) is 1.08. The predicted octanol–water partition coefficient (Wildman–Crippen LogP) is -0.0248. The van der Waals surface area contributed by atoms with E-state index in [0.29, 0.717) is 8.35 Å². The molecule has 0 unspecified atom stereocenters. The van der Waals surface area contributed by atoms with E-state index >= 15 is 0 Å². The minimum absolute atomic E-state index is 0. The number of rotatable bonds is 0. The van der Waals surface area contributed by atoms with Crippen LogP contribution in [0.5, 0.6) is 0 Å². The van der Waals surface area contributed by atoms with Gasteiger partial charge in [-0.1, -0.05) is 0 Å². The molecule has 1 rings (SSSR count). The van der Waals surface area contributed by atoms with E-state index < -0.39 is 0 Å². The summed E-state index contributed by atoms with van der Waals surface area (Å²) in [5.74, 6) is 1.75. The highest BCUT2D eigenvalue weighted by atomic mass is 31.1. The van der Waals surface area contributed by atoms with Crippen LogP contribution >= 0.6 is 8.35 Å². The zero-order valence-electron chi connectivity index (χ0n) is 3.98. The summed E-state index contributed by atoms with van der Waals surface area (Å²) in [5, 5.41) is 8.43. The minimum Gasteiger partial charge on any atom is -0.412 e.